The zero-order chi connectivity index (χ0) is 24.7. The number of hydrogen-bond acceptors (Lipinski definition) is 3. The van der Waals surface area contributed by atoms with Gasteiger partial charge in [-0.25, -0.2) is 4.39 Å². The maximum Gasteiger partial charge on any atom is 0.471 e. The highest BCUT2D eigenvalue weighted by Crippen LogP contribution is 2.39. The van der Waals surface area contributed by atoms with E-state index in [4.69, 9.17) is 4.74 Å². The predicted octanol–water partition coefficient (Wildman–Crippen LogP) is 5.04. The van der Waals surface area contributed by atoms with Crippen molar-refractivity contribution in [3.05, 3.63) is 66.0 Å². The Labute approximate surface area is 193 Å². The van der Waals surface area contributed by atoms with Gasteiger partial charge in [-0.3, -0.25) is 9.59 Å². The molecule has 1 aliphatic rings. The van der Waals surface area contributed by atoms with Gasteiger partial charge in [0.2, 0.25) is 5.91 Å². The van der Waals surface area contributed by atoms with Crippen LogP contribution >= 0.6 is 0 Å². The zero-order valence-electron chi connectivity index (χ0n) is 18.4. The summed E-state index contributed by atoms with van der Waals surface area (Å²) in [5.74, 6) is -2.98. The van der Waals surface area contributed by atoms with Crippen LogP contribution in [0, 0.1) is 5.82 Å². The van der Waals surface area contributed by atoms with E-state index in [1.807, 2.05) is 30.3 Å². The largest absolute Gasteiger partial charge is 0.496 e. The fourth-order valence-electron chi connectivity index (χ4n) is 3.99. The first kappa shape index (κ1) is 23.5. The molecule has 4 rings (SSSR count). The third kappa shape index (κ3) is 4.42. The van der Waals surface area contributed by atoms with Crippen LogP contribution in [0.4, 0.5) is 17.6 Å². The summed E-state index contributed by atoms with van der Waals surface area (Å²) in [7, 11) is 1.53. The molecule has 1 atom stereocenters. The van der Waals surface area contributed by atoms with E-state index in [0.717, 1.165) is 16.3 Å². The lowest BCUT2D eigenvalue weighted by molar-refractivity contribution is -0.175. The van der Waals surface area contributed by atoms with E-state index in [1.165, 1.54) is 26.2 Å². The monoisotopic (exact) mass is 474 g/mol. The molecule has 1 aliphatic carbocycles. The van der Waals surface area contributed by atoms with Crippen molar-refractivity contribution in [3.63, 3.8) is 0 Å². The lowest BCUT2D eigenvalue weighted by Gasteiger charge is -2.22. The summed E-state index contributed by atoms with van der Waals surface area (Å²) in [5.41, 5.74) is -0.165. The van der Waals surface area contributed by atoms with Crippen molar-refractivity contribution >= 4 is 22.6 Å². The minimum absolute atomic E-state index is 0.0790. The average molecular weight is 474 g/mol. The Balaban J connectivity index is 1.57. The lowest BCUT2D eigenvalue weighted by atomic mass is 9.95. The molecule has 0 radical (unpaired) electrons. The number of nitrogens with one attached hydrogen (secondary N) is 2. The summed E-state index contributed by atoms with van der Waals surface area (Å²) in [6.45, 7) is 1.52. The third-order valence-electron chi connectivity index (χ3n) is 6.01. The van der Waals surface area contributed by atoms with Crippen molar-refractivity contribution in [3.8, 4) is 16.9 Å². The Kier molecular flexibility index (Phi) is 5.97. The van der Waals surface area contributed by atoms with Crippen LogP contribution in [0.15, 0.2) is 54.6 Å². The first-order chi connectivity index (χ1) is 16.1. The third-order valence-corrected chi connectivity index (χ3v) is 6.01. The van der Waals surface area contributed by atoms with Crippen LogP contribution in [-0.4, -0.2) is 30.6 Å². The van der Waals surface area contributed by atoms with Gasteiger partial charge in [-0.15, -0.1) is 0 Å². The Morgan fingerprint density at radius 3 is 2.38 bits per heavy atom. The maximum atomic E-state index is 15.1. The first-order valence-electron chi connectivity index (χ1n) is 10.6. The molecule has 1 fully saturated rings. The van der Waals surface area contributed by atoms with E-state index < -0.39 is 35.4 Å². The molecule has 34 heavy (non-hydrogen) atoms. The smallest absolute Gasteiger partial charge is 0.471 e. The van der Waals surface area contributed by atoms with Gasteiger partial charge in [0.05, 0.1) is 13.2 Å². The van der Waals surface area contributed by atoms with Crippen LogP contribution < -0.4 is 15.4 Å². The molecule has 1 saturated carbocycles. The van der Waals surface area contributed by atoms with Crippen LogP contribution in [0.5, 0.6) is 5.75 Å². The minimum Gasteiger partial charge on any atom is -0.496 e. The number of fused-ring (bicyclic) bond motifs is 1. The van der Waals surface area contributed by atoms with Gasteiger partial charge >= 0.3 is 12.1 Å². The van der Waals surface area contributed by atoms with E-state index in [1.54, 1.807) is 17.4 Å². The second kappa shape index (κ2) is 8.62. The Morgan fingerprint density at radius 1 is 1.06 bits per heavy atom. The van der Waals surface area contributed by atoms with Crippen LogP contribution in [-0.2, 0) is 9.59 Å². The molecule has 0 spiro atoms. The number of carbonyl (C=O) groups is 2. The van der Waals surface area contributed by atoms with E-state index in [-0.39, 0.29) is 18.4 Å². The fraction of sp³-hybridized carbons (Fsp3) is 0.280. The molecular weight excluding hydrogens is 452 g/mol. The number of halogens is 4. The first-order valence-corrected chi connectivity index (χ1v) is 10.6. The van der Waals surface area contributed by atoms with Crippen molar-refractivity contribution in [2.24, 2.45) is 0 Å². The molecule has 0 bridgehead atoms. The van der Waals surface area contributed by atoms with Gasteiger partial charge in [-0.2, -0.15) is 13.2 Å². The van der Waals surface area contributed by atoms with E-state index in [0.29, 0.717) is 11.3 Å². The number of hydrogen-bond donors (Lipinski definition) is 2. The second-order valence-corrected chi connectivity index (χ2v) is 8.33. The van der Waals surface area contributed by atoms with Gasteiger partial charge < -0.3 is 15.4 Å². The van der Waals surface area contributed by atoms with Crippen LogP contribution in [0.1, 0.15) is 31.4 Å². The maximum absolute atomic E-state index is 15.1. The van der Waals surface area contributed by atoms with Crippen LogP contribution in [0.2, 0.25) is 0 Å². The highest BCUT2D eigenvalue weighted by atomic mass is 19.4. The molecule has 0 aromatic heterocycles. The van der Waals surface area contributed by atoms with Gasteiger partial charge in [0.15, 0.2) is 0 Å². The summed E-state index contributed by atoms with van der Waals surface area (Å²) < 4.78 is 58.4. The molecule has 0 heterocycles. The SMILES string of the molecule is COc1ccc2ccccc2c1-c1ccc([C@@H](C)NC(=O)C2(NC(=O)C(F)(F)F)CC2)c(F)c1. The molecule has 0 unspecified atom stereocenters. The number of benzene rings is 3. The highest BCUT2D eigenvalue weighted by Gasteiger charge is 2.55. The fourth-order valence-corrected chi connectivity index (χ4v) is 3.99. The number of amides is 2. The van der Waals surface area contributed by atoms with E-state index >= 15 is 4.39 Å². The topological polar surface area (TPSA) is 67.4 Å². The standard InChI is InChI=1S/C25H22F4N2O3/c1-14(30-22(32)24(11-12-24)31-23(33)25(27,28)29)17-9-7-16(13-19(17)26)21-18-6-4-3-5-15(18)8-10-20(21)34-2/h3-10,13-14H,11-12H2,1-2H3,(H,30,32)(H,31,33)/t14-/m1/s1. The molecular formula is C25H22F4N2O3. The number of rotatable bonds is 6. The molecule has 178 valence electrons. The summed E-state index contributed by atoms with van der Waals surface area (Å²) in [5, 5.41) is 6.12. The van der Waals surface area contributed by atoms with Crippen molar-refractivity contribution in [2.45, 2.75) is 37.5 Å². The molecule has 3 aromatic rings. The number of methoxy groups -OCH3 is 1. The van der Waals surface area contributed by atoms with Gasteiger partial charge in [0.25, 0.3) is 0 Å². The number of ether oxygens (including phenoxy) is 1. The minimum atomic E-state index is -5.09. The zero-order valence-corrected chi connectivity index (χ0v) is 18.4. The van der Waals surface area contributed by atoms with Gasteiger partial charge in [0, 0.05) is 11.1 Å². The van der Waals surface area contributed by atoms with Crippen LogP contribution in [0.25, 0.3) is 21.9 Å². The summed E-state index contributed by atoms with van der Waals surface area (Å²) >= 11 is 0. The molecule has 9 heteroatoms. The normalized spacial score (nSPS) is 15.5. The Hall–Kier alpha value is -3.62. The Bertz CT molecular complexity index is 1270. The molecule has 0 saturated heterocycles. The molecule has 2 N–H and O–H groups in total. The molecule has 2 amide bonds. The summed E-state index contributed by atoms with van der Waals surface area (Å²) in [4.78, 5) is 23.8. The Morgan fingerprint density at radius 2 is 1.76 bits per heavy atom. The summed E-state index contributed by atoms with van der Waals surface area (Å²) in [6.07, 6.45) is -4.93. The number of alkyl halides is 3. The molecule has 5 nitrogen and oxygen atoms in total. The molecule has 0 aliphatic heterocycles. The highest BCUT2D eigenvalue weighted by molar-refractivity contribution is 6.00. The predicted molar refractivity (Wildman–Crippen MR) is 119 cm³/mol. The quantitative estimate of drug-likeness (QED) is 0.492. The number of carbonyl (C=O) groups excluding carboxylic acids is 2. The van der Waals surface area contributed by atoms with E-state index in [9.17, 15) is 22.8 Å². The average Bonchev–Trinajstić information content (AvgIpc) is 3.58. The van der Waals surface area contributed by atoms with Crippen molar-refractivity contribution in [1.29, 1.82) is 0 Å². The van der Waals surface area contributed by atoms with Crippen molar-refractivity contribution < 1.29 is 31.9 Å². The van der Waals surface area contributed by atoms with Crippen LogP contribution in [0.3, 0.4) is 0 Å². The van der Waals surface area contributed by atoms with Gasteiger partial charge in [-0.05, 0) is 48.2 Å². The van der Waals surface area contributed by atoms with Crippen molar-refractivity contribution in [2.75, 3.05) is 7.11 Å². The second-order valence-electron chi connectivity index (χ2n) is 8.33. The van der Waals surface area contributed by atoms with Gasteiger partial charge in [-0.1, -0.05) is 42.5 Å². The molecule has 3 aromatic carbocycles. The van der Waals surface area contributed by atoms with Crippen molar-refractivity contribution in [1.82, 2.24) is 10.6 Å². The summed E-state index contributed by atoms with van der Waals surface area (Å²) in [6, 6.07) is 15.0. The van der Waals surface area contributed by atoms with Gasteiger partial charge in [0.1, 0.15) is 17.1 Å². The lowest BCUT2D eigenvalue weighted by Crippen LogP contribution is -2.53. The van der Waals surface area contributed by atoms with E-state index in [2.05, 4.69) is 5.32 Å².